The molecule has 86 valence electrons. The maximum Gasteiger partial charge on any atom is 0.116 e. The van der Waals surface area contributed by atoms with E-state index >= 15 is 0 Å². The number of hydrogen-bond donors (Lipinski definition) is 3. The van der Waals surface area contributed by atoms with Crippen LogP contribution in [0.3, 0.4) is 0 Å². The highest BCUT2D eigenvalue weighted by Gasteiger charge is 2.21. The van der Waals surface area contributed by atoms with Crippen molar-refractivity contribution in [1.82, 2.24) is 0 Å². The largest absolute Gasteiger partial charge is 0.508 e. The Morgan fingerprint density at radius 3 is 2.41 bits per heavy atom. The molecule has 0 saturated heterocycles. The van der Waals surface area contributed by atoms with E-state index in [-0.39, 0.29) is 11.8 Å². The molecule has 0 aliphatic carbocycles. The van der Waals surface area contributed by atoms with Crippen molar-refractivity contribution in [2.75, 3.05) is 5.32 Å². The van der Waals surface area contributed by atoms with Crippen LogP contribution in [0.15, 0.2) is 42.5 Å². The molecule has 3 nitrogen and oxygen atoms in total. The van der Waals surface area contributed by atoms with Crippen LogP contribution in [-0.4, -0.2) is 10.2 Å². The molecule has 3 heteroatoms. The van der Waals surface area contributed by atoms with Crippen LogP contribution < -0.4 is 5.32 Å². The third-order valence-corrected chi connectivity index (χ3v) is 3.14. The molecule has 2 aromatic carbocycles. The maximum absolute atomic E-state index is 9.43. The van der Waals surface area contributed by atoms with E-state index in [1.165, 1.54) is 0 Å². The fourth-order valence-electron chi connectivity index (χ4n) is 2.26. The zero-order valence-corrected chi connectivity index (χ0v) is 9.22. The highest BCUT2D eigenvalue weighted by Crippen LogP contribution is 2.36. The van der Waals surface area contributed by atoms with Crippen molar-refractivity contribution >= 4 is 5.69 Å². The van der Waals surface area contributed by atoms with Gasteiger partial charge >= 0.3 is 0 Å². The number of nitrogens with one attached hydrogen (secondary N) is 1. The molecule has 0 fully saturated rings. The van der Waals surface area contributed by atoms with Gasteiger partial charge in [0.15, 0.2) is 0 Å². The number of fused-ring (bicyclic) bond motifs is 1. The Morgan fingerprint density at radius 2 is 1.65 bits per heavy atom. The van der Waals surface area contributed by atoms with Crippen molar-refractivity contribution in [3.63, 3.8) is 0 Å². The Kier molecular flexibility index (Phi) is 2.18. The lowest BCUT2D eigenvalue weighted by molar-refractivity contribution is 0.474. The van der Waals surface area contributed by atoms with Gasteiger partial charge in [0.25, 0.3) is 0 Å². The lowest BCUT2D eigenvalue weighted by Gasteiger charge is -2.11. The summed E-state index contributed by atoms with van der Waals surface area (Å²) in [7, 11) is 0. The summed E-state index contributed by atoms with van der Waals surface area (Å²) in [6.07, 6.45) is 0.856. The summed E-state index contributed by atoms with van der Waals surface area (Å²) < 4.78 is 0. The van der Waals surface area contributed by atoms with Crippen molar-refractivity contribution < 1.29 is 10.2 Å². The van der Waals surface area contributed by atoms with E-state index in [0.29, 0.717) is 5.75 Å². The molecule has 1 atom stereocenters. The van der Waals surface area contributed by atoms with Crippen molar-refractivity contribution in [2.24, 2.45) is 0 Å². The molecule has 1 unspecified atom stereocenters. The molecule has 0 amide bonds. The first-order chi connectivity index (χ1) is 8.22. The number of benzene rings is 2. The van der Waals surface area contributed by atoms with Gasteiger partial charge in [-0.05, 0) is 47.9 Å². The molecule has 3 N–H and O–H groups in total. The average Bonchev–Trinajstić information content (AvgIpc) is 2.72. The number of anilines is 1. The molecule has 1 aliphatic heterocycles. The van der Waals surface area contributed by atoms with Gasteiger partial charge in [0, 0.05) is 5.69 Å². The summed E-state index contributed by atoms with van der Waals surface area (Å²) in [5.74, 6) is 0.582. The SMILES string of the molecule is Oc1ccc(C2Cc3cc(O)ccc3N2)cc1. The predicted molar refractivity (Wildman–Crippen MR) is 66.3 cm³/mol. The molecule has 2 aromatic rings. The van der Waals surface area contributed by atoms with E-state index in [2.05, 4.69) is 5.32 Å². The minimum atomic E-state index is 0.215. The monoisotopic (exact) mass is 227 g/mol. The van der Waals surface area contributed by atoms with Crippen LogP contribution in [-0.2, 0) is 6.42 Å². The van der Waals surface area contributed by atoms with Crippen molar-refractivity contribution in [3.8, 4) is 11.5 Å². The standard InChI is InChI=1S/C14H13NO2/c16-11-3-1-9(2-4-11)14-8-10-7-12(17)5-6-13(10)15-14/h1-7,14-17H,8H2. The van der Waals surface area contributed by atoms with Crippen molar-refractivity contribution in [2.45, 2.75) is 12.5 Å². The fraction of sp³-hybridized carbons (Fsp3) is 0.143. The van der Waals surface area contributed by atoms with Crippen molar-refractivity contribution in [3.05, 3.63) is 53.6 Å². The summed E-state index contributed by atoms with van der Waals surface area (Å²) in [6.45, 7) is 0. The second kappa shape index (κ2) is 3.70. The first kappa shape index (κ1) is 10.0. The molecular formula is C14H13NO2. The van der Waals surface area contributed by atoms with Gasteiger partial charge in [-0.25, -0.2) is 0 Å². The lowest BCUT2D eigenvalue weighted by Crippen LogP contribution is -2.04. The van der Waals surface area contributed by atoms with Crippen LogP contribution in [0.1, 0.15) is 17.2 Å². The first-order valence-corrected chi connectivity index (χ1v) is 5.60. The van der Waals surface area contributed by atoms with Gasteiger partial charge in [0.2, 0.25) is 0 Å². The summed E-state index contributed by atoms with van der Waals surface area (Å²) in [5.41, 5.74) is 3.34. The van der Waals surface area contributed by atoms with Crippen LogP contribution >= 0.6 is 0 Å². The molecule has 0 spiro atoms. The molecule has 1 heterocycles. The Hall–Kier alpha value is -2.16. The molecule has 0 bridgehead atoms. The number of hydrogen-bond acceptors (Lipinski definition) is 3. The van der Waals surface area contributed by atoms with Gasteiger partial charge in [0.1, 0.15) is 11.5 Å². The smallest absolute Gasteiger partial charge is 0.116 e. The second-order valence-electron chi connectivity index (χ2n) is 4.33. The highest BCUT2D eigenvalue weighted by atomic mass is 16.3. The predicted octanol–water partition coefficient (Wildman–Crippen LogP) is 2.81. The number of rotatable bonds is 1. The van der Waals surface area contributed by atoms with Gasteiger partial charge in [0.05, 0.1) is 6.04 Å². The van der Waals surface area contributed by atoms with Gasteiger partial charge in [-0.3, -0.25) is 0 Å². The average molecular weight is 227 g/mol. The Balaban J connectivity index is 1.88. The molecule has 17 heavy (non-hydrogen) atoms. The topological polar surface area (TPSA) is 52.5 Å². The summed E-state index contributed by atoms with van der Waals surface area (Å²) in [5, 5.41) is 22.1. The van der Waals surface area contributed by atoms with Crippen molar-refractivity contribution in [1.29, 1.82) is 0 Å². The van der Waals surface area contributed by atoms with Crippen LogP contribution in [0.25, 0.3) is 0 Å². The minimum Gasteiger partial charge on any atom is -0.508 e. The zero-order chi connectivity index (χ0) is 11.8. The Morgan fingerprint density at radius 1 is 0.941 bits per heavy atom. The molecular weight excluding hydrogens is 214 g/mol. The first-order valence-electron chi connectivity index (χ1n) is 5.60. The molecule has 0 saturated carbocycles. The highest BCUT2D eigenvalue weighted by molar-refractivity contribution is 5.60. The number of aromatic hydroxyl groups is 2. The van der Waals surface area contributed by atoms with Gasteiger partial charge in [-0.2, -0.15) is 0 Å². The van der Waals surface area contributed by atoms with E-state index < -0.39 is 0 Å². The fourth-order valence-corrected chi connectivity index (χ4v) is 2.26. The summed E-state index contributed by atoms with van der Waals surface area (Å²) in [4.78, 5) is 0. The Bertz CT molecular complexity index is 549. The zero-order valence-electron chi connectivity index (χ0n) is 9.22. The Labute approximate surface area is 99.4 Å². The molecule has 1 aliphatic rings. The van der Waals surface area contributed by atoms with Gasteiger partial charge < -0.3 is 15.5 Å². The molecule has 3 rings (SSSR count). The summed E-state index contributed by atoms with van der Waals surface area (Å²) in [6, 6.07) is 12.8. The van der Waals surface area contributed by atoms with Crippen LogP contribution in [0.5, 0.6) is 11.5 Å². The minimum absolute atomic E-state index is 0.215. The van der Waals surface area contributed by atoms with Crippen LogP contribution in [0.2, 0.25) is 0 Å². The molecule has 0 aromatic heterocycles. The van der Waals surface area contributed by atoms with E-state index in [1.807, 2.05) is 18.2 Å². The normalized spacial score (nSPS) is 17.5. The van der Waals surface area contributed by atoms with Gasteiger partial charge in [-0.1, -0.05) is 12.1 Å². The third-order valence-electron chi connectivity index (χ3n) is 3.14. The third kappa shape index (κ3) is 1.80. The maximum atomic E-state index is 9.43. The second-order valence-corrected chi connectivity index (χ2v) is 4.33. The van der Waals surface area contributed by atoms with Crippen LogP contribution in [0.4, 0.5) is 5.69 Å². The van der Waals surface area contributed by atoms with E-state index in [1.54, 1.807) is 24.3 Å². The van der Waals surface area contributed by atoms with E-state index in [9.17, 15) is 10.2 Å². The summed E-state index contributed by atoms with van der Waals surface area (Å²) >= 11 is 0. The van der Waals surface area contributed by atoms with Crippen LogP contribution in [0, 0.1) is 0 Å². The number of phenols is 2. The molecule has 0 radical (unpaired) electrons. The quantitative estimate of drug-likeness (QED) is 0.656. The van der Waals surface area contributed by atoms with E-state index in [4.69, 9.17) is 0 Å². The number of phenolic OH excluding ortho intramolecular Hbond substituents is 2. The van der Waals surface area contributed by atoms with Gasteiger partial charge in [-0.15, -0.1) is 0 Å². The lowest BCUT2D eigenvalue weighted by atomic mass is 10.0. The van der Waals surface area contributed by atoms with E-state index in [0.717, 1.165) is 23.2 Å².